The summed E-state index contributed by atoms with van der Waals surface area (Å²) in [6, 6.07) is 24.3. The van der Waals surface area contributed by atoms with Crippen molar-refractivity contribution in [1.29, 1.82) is 0 Å². The maximum atomic E-state index is 13.5. The SMILES string of the molecule is C/C(=N/NC(=O)CN(c1cc(C(F)(F)F)ccc1Cl)S(=O)(=O)c1ccccc1)c1cccc(NC(=O)c2ccccc2)c1. The molecule has 0 heterocycles. The normalized spacial score (nSPS) is 12.0. The highest BCUT2D eigenvalue weighted by molar-refractivity contribution is 7.92. The number of nitrogens with one attached hydrogen (secondary N) is 2. The number of hydrogen-bond donors (Lipinski definition) is 2. The molecule has 13 heteroatoms. The third-order valence-electron chi connectivity index (χ3n) is 6.08. The summed E-state index contributed by atoms with van der Waals surface area (Å²) >= 11 is 6.15. The number of carbonyl (C=O) groups excluding carboxylic acids is 2. The molecule has 0 aliphatic rings. The maximum absolute atomic E-state index is 13.5. The van der Waals surface area contributed by atoms with Crippen LogP contribution in [0.1, 0.15) is 28.4 Å². The monoisotopic (exact) mass is 628 g/mol. The summed E-state index contributed by atoms with van der Waals surface area (Å²) in [5.41, 5.74) is 2.33. The largest absolute Gasteiger partial charge is 0.416 e. The van der Waals surface area contributed by atoms with Gasteiger partial charge in [0.25, 0.3) is 21.8 Å². The van der Waals surface area contributed by atoms with Crippen LogP contribution in [0, 0.1) is 0 Å². The molecule has 0 fully saturated rings. The molecule has 0 aliphatic heterocycles. The summed E-state index contributed by atoms with van der Waals surface area (Å²) in [6.45, 7) is 0.642. The van der Waals surface area contributed by atoms with Gasteiger partial charge in [-0.05, 0) is 67.1 Å². The van der Waals surface area contributed by atoms with Gasteiger partial charge in [0.15, 0.2) is 0 Å². The Morgan fingerprint density at radius 1 is 0.860 bits per heavy atom. The average molecular weight is 629 g/mol. The van der Waals surface area contributed by atoms with Crippen LogP contribution in [0.3, 0.4) is 0 Å². The summed E-state index contributed by atoms with van der Waals surface area (Å²) in [5.74, 6) is -1.27. The zero-order valence-corrected chi connectivity index (χ0v) is 24.0. The van der Waals surface area contributed by atoms with Gasteiger partial charge < -0.3 is 5.32 Å². The number of carbonyl (C=O) groups is 2. The quantitative estimate of drug-likeness (QED) is 0.166. The molecular weight excluding hydrogens is 605 g/mol. The molecule has 8 nitrogen and oxygen atoms in total. The fourth-order valence-electron chi connectivity index (χ4n) is 3.89. The second-order valence-corrected chi connectivity index (χ2v) is 11.4. The van der Waals surface area contributed by atoms with Crippen molar-refractivity contribution in [2.75, 3.05) is 16.2 Å². The van der Waals surface area contributed by atoms with Crippen LogP contribution in [0.2, 0.25) is 5.02 Å². The number of alkyl halides is 3. The fourth-order valence-corrected chi connectivity index (χ4v) is 5.61. The van der Waals surface area contributed by atoms with Crippen molar-refractivity contribution in [2.45, 2.75) is 18.0 Å². The minimum Gasteiger partial charge on any atom is -0.322 e. The zero-order valence-electron chi connectivity index (χ0n) is 22.5. The van der Waals surface area contributed by atoms with E-state index in [2.05, 4.69) is 15.8 Å². The summed E-state index contributed by atoms with van der Waals surface area (Å²) < 4.78 is 67.9. The van der Waals surface area contributed by atoms with Crippen LogP contribution in [0.15, 0.2) is 113 Å². The van der Waals surface area contributed by atoms with Crippen molar-refractivity contribution in [3.05, 3.63) is 125 Å². The Morgan fingerprint density at radius 3 is 2.14 bits per heavy atom. The van der Waals surface area contributed by atoms with Gasteiger partial charge in [0.1, 0.15) is 6.54 Å². The van der Waals surface area contributed by atoms with Crippen LogP contribution in [-0.2, 0) is 21.0 Å². The third kappa shape index (κ3) is 7.79. The molecule has 4 rings (SSSR count). The third-order valence-corrected chi connectivity index (χ3v) is 8.18. The molecule has 0 bridgehead atoms. The van der Waals surface area contributed by atoms with Gasteiger partial charge in [-0.15, -0.1) is 0 Å². The summed E-state index contributed by atoms with van der Waals surface area (Å²) in [6.07, 6.45) is -4.79. The highest BCUT2D eigenvalue weighted by atomic mass is 35.5. The lowest BCUT2D eigenvalue weighted by Gasteiger charge is -2.25. The summed E-state index contributed by atoms with van der Waals surface area (Å²) in [7, 11) is -4.53. The van der Waals surface area contributed by atoms with Crippen molar-refractivity contribution >= 4 is 50.5 Å². The molecule has 4 aromatic rings. The van der Waals surface area contributed by atoms with E-state index in [0.717, 1.165) is 6.07 Å². The number of benzene rings is 4. The van der Waals surface area contributed by atoms with E-state index >= 15 is 0 Å². The second-order valence-electron chi connectivity index (χ2n) is 9.12. The minimum absolute atomic E-state index is 0.259. The smallest absolute Gasteiger partial charge is 0.322 e. The van der Waals surface area contributed by atoms with E-state index in [-0.39, 0.29) is 15.8 Å². The van der Waals surface area contributed by atoms with Crippen molar-refractivity contribution in [3.63, 3.8) is 0 Å². The first-order valence-electron chi connectivity index (χ1n) is 12.6. The number of anilines is 2. The Balaban J connectivity index is 1.57. The number of rotatable bonds is 9. The van der Waals surface area contributed by atoms with Crippen molar-refractivity contribution in [3.8, 4) is 0 Å². The van der Waals surface area contributed by atoms with Crippen LogP contribution >= 0.6 is 11.6 Å². The van der Waals surface area contributed by atoms with Gasteiger partial charge in [0, 0.05) is 11.3 Å². The second kappa shape index (κ2) is 13.1. The highest BCUT2D eigenvalue weighted by Crippen LogP contribution is 2.37. The van der Waals surface area contributed by atoms with Crippen molar-refractivity contribution < 1.29 is 31.2 Å². The van der Waals surface area contributed by atoms with Gasteiger partial charge in [-0.2, -0.15) is 18.3 Å². The Hall–Kier alpha value is -4.68. The lowest BCUT2D eigenvalue weighted by atomic mass is 10.1. The Bertz CT molecular complexity index is 1770. The van der Waals surface area contributed by atoms with E-state index in [0.29, 0.717) is 39.0 Å². The number of halogens is 4. The lowest BCUT2D eigenvalue weighted by molar-refractivity contribution is -0.137. The summed E-state index contributed by atoms with van der Waals surface area (Å²) in [5, 5.41) is 6.48. The molecule has 0 unspecified atom stereocenters. The first-order chi connectivity index (χ1) is 20.4. The topological polar surface area (TPSA) is 108 Å². The summed E-state index contributed by atoms with van der Waals surface area (Å²) in [4.78, 5) is 25.2. The molecule has 0 aliphatic carbocycles. The van der Waals surface area contributed by atoms with E-state index in [1.807, 2.05) is 0 Å². The lowest BCUT2D eigenvalue weighted by Crippen LogP contribution is -2.40. The molecule has 4 aromatic carbocycles. The predicted octanol–water partition coefficient (Wildman–Crippen LogP) is 6.35. The van der Waals surface area contributed by atoms with Crippen molar-refractivity contribution in [2.24, 2.45) is 5.10 Å². The zero-order chi connectivity index (χ0) is 31.2. The number of hydrogen-bond acceptors (Lipinski definition) is 5. The van der Waals surface area contributed by atoms with E-state index in [1.54, 1.807) is 67.6 Å². The average Bonchev–Trinajstić information content (AvgIpc) is 2.99. The first kappa shape index (κ1) is 31.3. The molecule has 0 spiro atoms. The number of amides is 2. The van der Waals surface area contributed by atoms with Crippen LogP contribution in [-0.4, -0.2) is 32.5 Å². The van der Waals surface area contributed by atoms with Gasteiger partial charge in [-0.3, -0.25) is 13.9 Å². The Kier molecular flexibility index (Phi) is 9.52. The molecule has 0 saturated heterocycles. The van der Waals surface area contributed by atoms with E-state index in [1.165, 1.54) is 24.3 Å². The number of nitrogens with zero attached hydrogens (tertiary/aromatic N) is 2. The number of sulfonamides is 1. The molecule has 2 N–H and O–H groups in total. The van der Waals surface area contributed by atoms with E-state index in [4.69, 9.17) is 11.6 Å². The van der Waals surface area contributed by atoms with Crippen LogP contribution in [0.5, 0.6) is 0 Å². The van der Waals surface area contributed by atoms with E-state index in [9.17, 15) is 31.2 Å². The molecule has 0 saturated carbocycles. The molecule has 2 amide bonds. The minimum atomic E-state index is -4.79. The molecule has 222 valence electrons. The van der Waals surface area contributed by atoms with Gasteiger partial charge in [0.2, 0.25) is 0 Å². The highest BCUT2D eigenvalue weighted by Gasteiger charge is 2.34. The van der Waals surface area contributed by atoms with Gasteiger partial charge >= 0.3 is 6.18 Å². The van der Waals surface area contributed by atoms with Gasteiger partial charge in [0.05, 0.1) is 26.9 Å². The molecule has 0 atom stereocenters. The van der Waals surface area contributed by atoms with Gasteiger partial charge in [-0.25, -0.2) is 13.8 Å². The van der Waals surface area contributed by atoms with Crippen LogP contribution < -0.4 is 15.0 Å². The molecule has 0 radical (unpaired) electrons. The first-order valence-corrected chi connectivity index (χ1v) is 14.4. The van der Waals surface area contributed by atoms with Gasteiger partial charge in [-0.1, -0.05) is 60.1 Å². The predicted molar refractivity (Wildman–Crippen MR) is 159 cm³/mol. The van der Waals surface area contributed by atoms with E-state index < -0.39 is 39.9 Å². The van der Waals surface area contributed by atoms with Crippen molar-refractivity contribution in [1.82, 2.24) is 5.43 Å². The van der Waals surface area contributed by atoms with Crippen LogP contribution in [0.25, 0.3) is 0 Å². The Morgan fingerprint density at radius 2 is 1.49 bits per heavy atom. The fraction of sp³-hybridized carbons (Fsp3) is 0.100. The standard InChI is InChI=1S/C30H24ClF3N4O4S/c1-20(22-11-8-12-24(17-22)35-29(40)21-9-4-2-5-10-21)36-37-28(39)19-38(43(41,42)25-13-6-3-7-14-25)27-18-23(30(32,33)34)15-16-26(27)31/h2-18H,19H2,1H3,(H,35,40)(H,37,39)/b36-20-. The number of hydrazone groups is 1. The molecule has 43 heavy (non-hydrogen) atoms. The Labute approximate surface area is 250 Å². The maximum Gasteiger partial charge on any atom is 0.416 e. The molecular formula is C30H24ClF3N4O4S. The molecule has 0 aromatic heterocycles. The van der Waals surface area contributed by atoms with Crippen LogP contribution in [0.4, 0.5) is 24.5 Å².